The Hall–Kier alpha value is -4.00. The molecule has 174 valence electrons. The van der Waals surface area contributed by atoms with Gasteiger partial charge in [0.15, 0.2) is 5.96 Å². The molecule has 0 bridgehead atoms. The highest BCUT2D eigenvalue weighted by Gasteiger charge is 2.17. The number of hydrogen-bond acceptors (Lipinski definition) is 5. The minimum atomic E-state index is -0.431. The lowest BCUT2D eigenvalue weighted by Crippen LogP contribution is -2.36. The molecule has 0 aromatic carbocycles. The number of aromatic nitrogens is 2. The van der Waals surface area contributed by atoms with Crippen molar-refractivity contribution in [1.29, 1.82) is 10.8 Å². The smallest absolute Gasteiger partial charge is 0.272 e. The number of amides is 3. The van der Waals surface area contributed by atoms with Crippen LogP contribution < -0.4 is 32.7 Å². The van der Waals surface area contributed by atoms with Crippen LogP contribution in [-0.4, -0.2) is 51.7 Å². The van der Waals surface area contributed by atoms with Gasteiger partial charge in [-0.25, -0.2) is 0 Å². The third kappa shape index (κ3) is 7.36. The van der Waals surface area contributed by atoms with Gasteiger partial charge < -0.3 is 41.9 Å². The molecule has 0 aliphatic carbocycles. The molecule has 0 saturated carbocycles. The number of nitrogens with zero attached hydrogens (tertiary/aromatic N) is 2. The van der Waals surface area contributed by atoms with Crippen LogP contribution in [0.2, 0.25) is 0 Å². The minimum Gasteiger partial charge on any atom is -0.388 e. The summed E-state index contributed by atoms with van der Waals surface area (Å²) in [6.45, 7) is 0.0633. The van der Waals surface area contributed by atoms with E-state index in [2.05, 4.69) is 21.3 Å². The van der Waals surface area contributed by atoms with Crippen LogP contribution in [0.3, 0.4) is 0 Å². The summed E-state index contributed by atoms with van der Waals surface area (Å²) >= 11 is 0. The average Bonchev–Trinajstić information content (AvgIpc) is 3.21. The number of guanidine groups is 1. The van der Waals surface area contributed by atoms with E-state index in [1.54, 1.807) is 35.6 Å². The van der Waals surface area contributed by atoms with Crippen molar-refractivity contribution in [2.45, 2.75) is 6.42 Å². The Kier molecular flexibility index (Phi) is 9.28. The molecule has 14 heteroatoms. The number of aryl methyl sites for hydroxylation is 2. The molecule has 3 amide bonds. The summed E-state index contributed by atoms with van der Waals surface area (Å²) in [5, 5.41) is 24.6. The lowest BCUT2D eigenvalue weighted by molar-refractivity contribution is -0.115. The summed E-state index contributed by atoms with van der Waals surface area (Å²) in [6, 6.07) is 3.03. The van der Waals surface area contributed by atoms with E-state index in [9.17, 15) is 14.4 Å². The van der Waals surface area contributed by atoms with Crippen molar-refractivity contribution in [2.75, 3.05) is 23.7 Å². The molecule has 10 N–H and O–H groups in total. The Bertz CT molecular complexity index is 1030. The number of rotatable bonds is 9. The van der Waals surface area contributed by atoms with Crippen molar-refractivity contribution in [2.24, 2.45) is 25.6 Å². The molecule has 0 fully saturated rings. The van der Waals surface area contributed by atoms with Crippen molar-refractivity contribution in [3.05, 3.63) is 35.9 Å². The zero-order valence-electron chi connectivity index (χ0n) is 17.6. The number of nitrogens with one attached hydrogen (secondary N) is 6. The molecular weight excluding hydrogens is 440 g/mol. The highest BCUT2D eigenvalue weighted by atomic mass is 35.5. The maximum Gasteiger partial charge on any atom is 0.272 e. The number of nitrogens with two attached hydrogens (primary N) is 2. The van der Waals surface area contributed by atoms with Crippen LogP contribution in [0.1, 0.15) is 27.4 Å². The monoisotopic (exact) mass is 466 g/mol. The van der Waals surface area contributed by atoms with Crippen molar-refractivity contribution in [1.82, 2.24) is 19.8 Å². The number of anilines is 2. The molecule has 0 saturated heterocycles. The van der Waals surface area contributed by atoms with E-state index in [1.165, 1.54) is 12.1 Å². The van der Waals surface area contributed by atoms with E-state index >= 15 is 0 Å². The van der Waals surface area contributed by atoms with E-state index in [-0.39, 0.29) is 55.3 Å². The SMILES string of the molecule is Cl.Cn1cc(NC(=O)c2cc(NC(=O)CNC(=N)N)cn2C)cc1C(=O)NCCC(=N)N. The van der Waals surface area contributed by atoms with Gasteiger partial charge in [-0.1, -0.05) is 0 Å². The van der Waals surface area contributed by atoms with Crippen LogP contribution in [0.5, 0.6) is 0 Å². The highest BCUT2D eigenvalue weighted by molar-refractivity contribution is 6.05. The fraction of sp³-hybridized carbons (Fsp3) is 0.278. The molecule has 0 atom stereocenters. The molecular formula is C18H27ClN10O3. The van der Waals surface area contributed by atoms with Gasteiger partial charge in [0, 0.05) is 39.5 Å². The Balaban J connectivity index is 0.00000512. The topological polar surface area (TPSA) is 209 Å². The standard InChI is InChI=1S/C18H26N10O3.ClH/c1-27-9-11(6-12(27)16(30)23-4-3-14(19)20)26-17(31)13-5-10(8-28(13)2)25-15(29)7-24-18(21)22;/h5-6,8-9H,3-4,7H2,1-2H3,(H3,19,20)(H,23,30)(H,25,29)(H,26,31)(H4,21,22,24);1H. The van der Waals surface area contributed by atoms with E-state index in [0.717, 1.165) is 0 Å². The normalized spacial score (nSPS) is 9.94. The number of hydrogen-bond donors (Lipinski definition) is 8. The summed E-state index contributed by atoms with van der Waals surface area (Å²) in [5.74, 6) is -1.55. The Morgan fingerprint density at radius 1 is 0.906 bits per heavy atom. The zero-order valence-corrected chi connectivity index (χ0v) is 18.4. The lowest BCUT2D eigenvalue weighted by atomic mass is 10.3. The van der Waals surface area contributed by atoms with Crippen molar-refractivity contribution in [3.8, 4) is 0 Å². The molecule has 2 aromatic rings. The van der Waals surface area contributed by atoms with Gasteiger partial charge in [0.2, 0.25) is 5.91 Å². The second-order valence-corrected chi connectivity index (χ2v) is 6.75. The van der Waals surface area contributed by atoms with Gasteiger partial charge in [0.05, 0.1) is 23.8 Å². The fourth-order valence-electron chi connectivity index (χ4n) is 2.69. The first-order valence-electron chi connectivity index (χ1n) is 9.19. The van der Waals surface area contributed by atoms with Crippen molar-refractivity contribution >= 4 is 53.3 Å². The molecule has 0 unspecified atom stereocenters. The van der Waals surface area contributed by atoms with Crippen LogP contribution in [0, 0.1) is 10.8 Å². The molecule has 2 aromatic heterocycles. The van der Waals surface area contributed by atoms with Crippen LogP contribution >= 0.6 is 12.4 Å². The summed E-state index contributed by atoms with van der Waals surface area (Å²) in [4.78, 5) is 36.7. The minimum absolute atomic E-state index is 0. The van der Waals surface area contributed by atoms with E-state index in [4.69, 9.17) is 22.3 Å². The Labute approximate surface area is 190 Å². The molecule has 0 aliphatic heterocycles. The summed E-state index contributed by atoms with van der Waals surface area (Å²) in [5.41, 5.74) is 11.8. The molecule has 0 spiro atoms. The largest absolute Gasteiger partial charge is 0.388 e. The molecule has 0 radical (unpaired) electrons. The van der Waals surface area contributed by atoms with Gasteiger partial charge in [-0.05, 0) is 12.1 Å². The van der Waals surface area contributed by atoms with Gasteiger partial charge in [-0.3, -0.25) is 25.2 Å². The maximum absolute atomic E-state index is 12.6. The van der Waals surface area contributed by atoms with Gasteiger partial charge in [0.1, 0.15) is 11.4 Å². The van der Waals surface area contributed by atoms with Gasteiger partial charge >= 0.3 is 0 Å². The number of amidine groups is 1. The Morgan fingerprint density at radius 3 is 1.97 bits per heavy atom. The second kappa shape index (κ2) is 11.4. The Morgan fingerprint density at radius 2 is 1.44 bits per heavy atom. The summed E-state index contributed by atoms with van der Waals surface area (Å²) in [6.07, 6.45) is 3.41. The van der Waals surface area contributed by atoms with Gasteiger partial charge in [0.25, 0.3) is 11.8 Å². The quantitative estimate of drug-likeness (QED) is 0.180. The van der Waals surface area contributed by atoms with Crippen LogP contribution in [0.25, 0.3) is 0 Å². The fourth-order valence-corrected chi connectivity index (χ4v) is 2.69. The van der Waals surface area contributed by atoms with Crippen LogP contribution in [0.4, 0.5) is 11.4 Å². The first-order chi connectivity index (χ1) is 14.6. The van der Waals surface area contributed by atoms with Crippen LogP contribution in [0.15, 0.2) is 24.5 Å². The molecule has 13 nitrogen and oxygen atoms in total. The first-order valence-corrected chi connectivity index (χ1v) is 9.19. The van der Waals surface area contributed by atoms with Crippen molar-refractivity contribution in [3.63, 3.8) is 0 Å². The number of carbonyl (C=O) groups is 3. The van der Waals surface area contributed by atoms with Crippen LogP contribution in [-0.2, 0) is 18.9 Å². The van der Waals surface area contributed by atoms with E-state index in [1.807, 2.05) is 0 Å². The third-order valence-electron chi connectivity index (χ3n) is 4.14. The number of halogens is 1. The highest BCUT2D eigenvalue weighted by Crippen LogP contribution is 2.17. The molecule has 2 heterocycles. The first kappa shape index (κ1) is 26.0. The maximum atomic E-state index is 12.6. The van der Waals surface area contributed by atoms with E-state index in [0.29, 0.717) is 17.1 Å². The van der Waals surface area contributed by atoms with Gasteiger partial charge in [-0.15, -0.1) is 12.4 Å². The number of carbonyl (C=O) groups excluding carboxylic acids is 3. The predicted octanol–water partition coefficient (Wildman–Crippen LogP) is -0.485. The lowest BCUT2D eigenvalue weighted by Gasteiger charge is -2.04. The summed E-state index contributed by atoms with van der Waals surface area (Å²) in [7, 11) is 3.32. The second-order valence-electron chi connectivity index (χ2n) is 6.75. The molecule has 0 aliphatic rings. The third-order valence-corrected chi connectivity index (χ3v) is 4.14. The summed E-state index contributed by atoms with van der Waals surface area (Å²) < 4.78 is 3.11. The average molecular weight is 467 g/mol. The zero-order chi connectivity index (χ0) is 23.1. The predicted molar refractivity (Wildman–Crippen MR) is 123 cm³/mol. The van der Waals surface area contributed by atoms with E-state index < -0.39 is 11.8 Å². The van der Waals surface area contributed by atoms with Crippen molar-refractivity contribution < 1.29 is 14.4 Å². The molecule has 2 rings (SSSR count). The molecule has 32 heavy (non-hydrogen) atoms. The van der Waals surface area contributed by atoms with Gasteiger partial charge in [-0.2, -0.15) is 0 Å².